The second-order valence-electron chi connectivity index (χ2n) is 8.07. The van der Waals surface area contributed by atoms with Gasteiger partial charge in [0.25, 0.3) is 5.56 Å². The van der Waals surface area contributed by atoms with Crippen molar-refractivity contribution in [3.05, 3.63) is 86.8 Å². The van der Waals surface area contributed by atoms with Gasteiger partial charge in [-0.25, -0.2) is 14.3 Å². The molecule has 0 N–H and O–H groups in total. The molecule has 0 saturated heterocycles. The van der Waals surface area contributed by atoms with E-state index in [1.165, 1.54) is 4.57 Å². The van der Waals surface area contributed by atoms with Crippen molar-refractivity contribution in [3.8, 4) is 11.4 Å². The zero-order valence-corrected chi connectivity index (χ0v) is 18.2. The SMILES string of the molecule is COc1ccccc1Cn1cnc2c1c(=O)n(CC(C)C)c(=O)n2-c1ccccc1C. The molecule has 7 heteroatoms. The number of rotatable bonds is 6. The lowest BCUT2D eigenvalue weighted by Gasteiger charge is -2.15. The highest BCUT2D eigenvalue weighted by Crippen LogP contribution is 2.21. The van der Waals surface area contributed by atoms with E-state index in [9.17, 15) is 9.59 Å². The third-order valence-electron chi connectivity index (χ3n) is 5.34. The molecule has 2 heterocycles. The van der Waals surface area contributed by atoms with Crippen molar-refractivity contribution in [1.29, 1.82) is 0 Å². The maximum atomic E-state index is 13.4. The van der Waals surface area contributed by atoms with Crippen LogP contribution in [0, 0.1) is 12.8 Å². The van der Waals surface area contributed by atoms with Crippen molar-refractivity contribution in [1.82, 2.24) is 18.7 Å². The number of fused-ring (bicyclic) bond motifs is 1. The van der Waals surface area contributed by atoms with Gasteiger partial charge in [0.05, 0.1) is 25.7 Å². The van der Waals surface area contributed by atoms with Crippen LogP contribution in [0.2, 0.25) is 0 Å². The maximum absolute atomic E-state index is 13.4. The van der Waals surface area contributed by atoms with Gasteiger partial charge < -0.3 is 9.30 Å². The highest BCUT2D eigenvalue weighted by Gasteiger charge is 2.21. The van der Waals surface area contributed by atoms with Gasteiger partial charge in [-0.05, 0) is 30.5 Å². The highest BCUT2D eigenvalue weighted by molar-refractivity contribution is 5.73. The first kappa shape index (κ1) is 20.7. The number of hydrogen-bond donors (Lipinski definition) is 0. The number of nitrogens with zero attached hydrogens (tertiary/aromatic N) is 4. The molecule has 0 spiro atoms. The Morgan fingerprint density at radius 3 is 2.45 bits per heavy atom. The van der Waals surface area contributed by atoms with Crippen LogP contribution in [-0.4, -0.2) is 25.8 Å². The third-order valence-corrected chi connectivity index (χ3v) is 5.34. The quantitative estimate of drug-likeness (QED) is 0.481. The Labute approximate surface area is 180 Å². The zero-order chi connectivity index (χ0) is 22.1. The van der Waals surface area contributed by atoms with Gasteiger partial charge in [0.1, 0.15) is 5.75 Å². The van der Waals surface area contributed by atoms with Crippen molar-refractivity contribution in [2.24, 2.45) is 5.92 Å². The van der Waals surface area contributed by atoms with Crippen LogP contribution in [0.4, 0.5) is 0 Å². The Morgan fingerprint density at radius 1 is 1.03 bits per heavy atom. The molecule has 0 atom stereocenters. The second kappa shape index (κ2) is 8.26. The summed E-state index contributed by atoms with van der Waals surface area (Å²) in [6.07, 6.45) is 1.62. The number of benzene rings is 2. The number of aromatic nitrogens is 4. The maximum Gasteiger partial charge on any atom is 0.337 e. The van der Waals surface area contributed by atoms with E-state index in [1.807, 2.05) is 69.3 Å². The lowest BCUT2D eigenvalue weighted by Crippen LogP contribution is -2.41. The van der Waals surface area contributed by atoms with Crippen LogP contribution in [0.15, 0.2) is 64.4 Å². The van der Waals surface area contributed by atoms with E-state index in [1.54, 1.807) is 22.6 Å². The van der Waals surface area contributed by atoms with Crippen LogP contribution < -0.4 is 16.0 Å². The minimum absolute atomic E-state index is 0.138. The van der Waals surface area contributed by atoms with Crippen LogP contribution in [-0.2, 0) is 13.1 Å². The van der Waals surface area contributed by atoms with Gasteiger partial charge in [-0.3, -0.25) is 9.36 Å². The fraction of sp³-hybridized carbons (Fsp3) is 0.292. The lowest BCUT2D eigenvalue weighted by molar-refractivity contribution is 0.408. The Bertz CT molecular complexity index is 1360. The van der Waals surface area contributed by atoms with Crippen LogP contribution in [0.3, 0.4) is 0 Å². The number of imidazole rings is 1. The molecule has 0 unspecified atom stereocenters. The molecular weight excluding hydrogens is 392 g/mol. The molecule has 160 valence electrons. The van der Waals surface area contributed by atoms with E-state index in [-0.39, 0.29) is 17.2 Å². The molecule has 0 saturated carbocycles. The Hall–Kier alpha value is -3.61. The van der Waals surface area contributed by atoms with Crippen molar-refractivity contribution in [2.45, 2.75) is 33.9 Å². The predicted molar refractivity (Wildman–Crippen MR) is 121 cm³/mol. The first-order valence-electron chi connectivity index (χ1n) is 10.3. The molecule has 0 aliphatic rings. The normalized spacial score (nSPS) is 11.4. The fourth-order valence-electron chi connectivity index (χ4n) is 3.87. The van der Waals surface area contributed by atoms with Gasteiger partial charge in [-0.15, -0.1) is 0 Å². The molecule has 31 heavy (non-hydrogen) atoms. The Balaban J connectivity index is 2.02. The highest BCUT2D eigenvalue weighted by atomic mass is 16.5. The number of para-hydroxylation sites is 2. The molecule has 0 aliphatic carbocycles. The van der Waals surface area contributed by atoms with Gasteiger partial charge in [0.15, 0.2) is 11.2 Å². The molecule has 0 amide bonds. The predicted octanol–water partition coefficient (Wildman–Crippen LogP) is 3.37. The van der Waals surface area contributed by atoms with Crippen LogP contribution in [0.25, 0.3) is 16.9 Å². The summed E-state index contributed by atoms with van der Waals surface area (Å²) in [5.74, 6) is 0.873. The third kappa shape index (κ3) is 3.67. The Kier molecular flexibility index (Phi) is 5.50. The van der Waals surface area contributed by atoms with E-state index >= 15 is 0 Å². The van der Waals surface area contributed by atoms with Gasteiger partial charge >= 0.3 is 5.69 Å². The van der Waals surface area contributed by atoms with E-state index in [4.69, 9.17) is 4.74 Å². The molecule has 2 aromatic heterocycles. The van der Waals surface area contributed by atoms with Crippen molar-refractivity contribution in [2.75, 3.05) is 7.11 Å². The van der Waals surface area contributed by atoms with E-state index in [2.05, 4.69) is 4.98 Å². The number of ether oxygens (including phenoxy) is 1. The average molecular weight is 418 g/mol. The monoisotopic (exact) mass is 418 g/mol. The fourth-order valence-corrected chi connectivity index (χ4v) is 3.87. The van der Waals surface area contributed by atoms with Crippen molar-refractivity contribution >= 4 is 11.2 Å². The molecule has 0 radical (unpaired) electrons. The van der Waals surface area contributed by atoms with E-state index in [0.717, 1.165) is 22.6 Å². The van der Waals surface area contributed by atoms with Crippen LogP contribution >= 0.6 is 0 Å². The Morgan fingerprint density at radius 2 is 1.74 bits per heavy atom. The summed E-state index contributed by atoms with van der Waals surface area (Å²) >= 11 is 0. The minimum Gasteiger partial charge on any atom is -0.496 e. The second-order valence-corrected chi connectivity index (χ2v) is 8.07. The summed E-state index contributed by atoms with van der Waals surface area (Å²) in [4.78, 5) is 31.4. The van der Waals surface area contributed by atoms with E-state index < -0.39 is 0 Å². The first-order valence-corrected chi connectivity index (χ1v) is 10.3. The summed E-state index contributed by atoms with van der Waals surface area (Å²) in [5.41, 5.74) is 2.63. The minimum atomic E-state index is -0.372. The van der Waals surface area contributed by atoms with Crippen molar-refractivity contribution < 1.29 is 4.74 Å². The van der Waals surface area contributed by atoms with Crippen molar-refractivity contribution in [3.63, 3.8) is 0 Å². The molecular formula is C24H26N4O3. The van der Waals surface area contributed by atoms with Crippen LogP contribution in [0.5, 0.6) is 5.75 Å². The van der Waals surface area contributed by atoms with Gasteiger partial charge in [0.2, 0.25) is 0 Å². The molecule has 2 aromatic carbocycles. The lowest BCUT2D eigenvalue weighted by atomic mass is 10.2. The topological polar surface area (TPSA) is 71.1 Å². The molecule has 4 rings (SSSR count). The summed E-state index contributed by atoms with van der Waals surface area (Å²) in [6, 6.07) is 15.3. The summed E-state index contributed by atoms with van der Waals surface area (Å²) < 4.78 is 10.1. The zero-order valence-electron chi connectivity index (χ0n) is 18.2. The summed E-state index contributed by atoms with van der Waals surface area (Å²) in [7, 11) is 1.62. The molecule has 4 aromatic rings. The van der Waals surface area contributed by atoms with E-state index in [0.29, 0.717) is 24.3 Å². The molecule has 0 bridgehead atoms. The summed E-state index contributed by atoms with van der Waals surface area (Å²) in [6.45, 7) is 6.65. The first-order chi connectivity index (χ1) is 14.9. The largest absolute Gasteiger partial charge is 0.496 e. The number of methoxy groups -OCH3 is 1. The standard InChI is InChI=1S/C24H26N4O3/c1-16(2)13-27-23(29)21-22(28(24(27)30)19-11-7-5-9-17(19)3)25-15-26(21)14-18-10-6-8-12-20(18)31-4/h5-12,15-16H,13-14H2,1-4H3. The molecule has 0 aliphatic heterocycles. The molecule has 7 nitrogen and oxygen atoms in total. The number of aryl methyl sites for hydroxylation is 1. The van der Waals surface area contributed by atoms with Gasteiger partial charge in [0, 0.05) is 12.1 Å². The number of hydrogen-bond acceptors (Lipinski definition) is 4. The molecule has 0 fully saturated rings. The average Bonchev–Trinajstić information content (AvgIpc) is 3.16. The summed E-state index contributed by atoms with van der Waals surface area (Å²) in [5, 5.41) is 0. The van der Waals surface area contributed by atoms with Gasteiger partial charge in [-0.2, -0.15) is 0 Å². The van der Waals surface area contributed by atoms with Gasteiger partial charge in [-0.1, -0.05) is 50.2 Å². The smallest absolute Gasteiger partial charge is 0.337 e. The van der Waals surface area contributed by atoms with Crippen LogP contribution in [0.1, 0.15) is 25.0 Å².